The van der Waals surface area contributed by atoms with Crippen molar-refractivity contribution < 1.29 is 9.53 Å². The van der Waals surface area contributed by atoms with Gasteiger partial charge in [-0.15, -0.1) is 0 Å². The van der Waals surface area contributed by atoms with Crippen LogP contribution in [0.4, 0.5) is 0 Å². The van der Waals surface area contributed by atoms with E-state index in [4.69, 9.17) is 39.5 Å². The highest BCUT2D eigenvalue weighted by Crippen LogP contribution is 2.33. The van der Waals surface area contributed by atoms with Crippen LogP contribution in [0.25, 0.3) is 0 Å². The Morgan fingerprint density at radius 3 is 2.35 bits per heavy atom. The van der Waals surface area contributed by atoms with Crippen LogP contribution in [0.2, 0.25) is 15.1 Å². The van der Waals surface area contributed by atoms with Gasteiger partial charge in [0, 0.05) is 17.2 Å². The van der Waals surface area contributed by atoms with Gasteiger partial charge in [-0.2, -0.15) is 0 Å². The van der Waals surface area contributed by atoms with Crippen LogP contribution in [0.3, 0.4) is 0 Å². The number of ether oxygens (including phenoxy) is 1. The maximum atomic E-state index is 12.4. The predicted molar refractivity (Wildman–Crippen MR) is 82.5 cm³/mol. The van der Waals surface area contributed by atoms with Crippen LogP contribution in [0, 0.1) is 0 Å². The molecule has 0 aliphatic carbocycles. The summed E-state index contributed by atoms with van der Waals surface area (Å²) in [6.45, 7) is 2.31. The molecule has 0 bridgehead atoms. The Morgan fingerprint density at radius 2 is 1.70 bits per heavy atom. The minimum absolute atomic E-state index is 0.273. The highest BCUT2D eigenvalue weighted by Gasteiger charge is 2.18. The molecule has 0 saturated carbocycles. The number of benzene rings is 2. The molecule has 0 saturated heterocycles. The maximum Gasteiger partial charge on any atom is 0.196 e. The first-order valence-corrected chi connectivity index (χ1v) is 7.09. The fourth-order valence-electron chi connectivity index (χ4n) is 1.76. The smallest absolute Gasteiger partial charge is 0.196 e. The highest BCUT2D eigenvalue weighted by atomic mass is 35.5. The van der Waals surface area contributed by atoms with Crippen molar-refractivity contribution in [2.75, 3.05) is 6.61 Å². The van der Waals surface area contributed by atoms with Gasteiger partial charge in [0.2, 0.25) is 0 Å². The Labute approximate surface area is 132 Å². The van der Waals surface area contributed by atoms with E-state index in [1.807, 2.05) is 6.92 Å². The van der Waals surface area contributed by atoms with E-state index in [0.29, 0.717) is 33.5 Å². The summed E-state index contributed by atoms with van der Waals surface area (Å²) in [7, 11) is 0. The van der Waals surface area contributed by atoms with Crippen molar-refractivity contribution in [2.45, 2.75) is 6.92 Å². The molecule has 0 heterocycles. The number of carbonyl (C=O) groups is 1. The molecule has 0 aromatic heterocycles. The molecular weight excluding hydrogens is 319 g/mol. The van der Waals surface area contributed by atoms with Crippen molar-refractivity contribution >= 4 is 40.6 Å². The lowest BCUT2D eigenvalue weighted by Crippen LogP contribution is -2.04. The number of halogens is 3. The van der Waals surface area contributed by atoms with Gasteiger partial charge in [0.1, 0.15) is 5.75 Å². The first-order valence-electron chi connectivity index (χ1n) is 5.95. The van der Waals surface area contributed by atoms with E-state index in [0.717, 1.165) is 0 Å². The van der Waals surface area contributed by atoms with Crippen LogP contribution >= 0.6 is 34.8 Å². The average molecular weight is 330 g/mol. The van der Waals surface area contributed by atoms with Gasteiger partial charge in [-0.25, -0.2) is 0 Å². The average Bonchev–Trinajstić information content (AvgIpc) is 2.42. The third-order valence-corrected chi connectivity index (χ3v) is 3.62. The van der Waals surface area contributed by atoms with Gasteiger partial charge in [0.15, 0.2) is 5.78 Å². The maximum absolute atomic E-state index is 12.4. The monoisotopic (exact) mass is 328 g/mol. The van der Waals surface area contributed by atoms with Gasteiger partial charge in [-0.3, -0.25) is 4.79 Å². The molecular formula is C15H11Cl3O2. The summed E-state index contributed by atoms with van der Waals surface area (Å²) in [5.41, 5.74) is 0.685. The molecule has 2 aromatic rings. The first-order chi connectivity index (χ1) is 9.54. The molecule has 104 valence electrons. The lowest BCUT2D eigenvalue weighted by atomic mass is 10.0. The zero-order valence-electron chi connectivity index (χ0n) is 10.6. The molecule has 5 heteroatoms. The van der Waals surface area contributed by atoms with Gasteiger partial charge in [-0.05, 0) is 25.1 Å². The Hall–Kier alpha value is -1.22. The van der Waals surface area contributed by atoms with Crippen molar-refractivity contribution in [1.29, 1.82) is 0 Å². The molecule has 20 heavy (non-hydrogen) atoms. The molecule has 0 aliphatic heterocycles. The summed E-state index contributed by atoms with van der Waals surface area (Å²) in [4.78, 5) is 12.4. The van der Waals surface area contributed by atoms with Crippen LogP contribution < -0.4 is 4.74 Å². The van der Waals surface area contributed by atoms with Crippen molar-refractivity contribution in [3.05, 3.63) is 62.6 Å². The molecule has 0 N–H and O–H groups in total. The minimum Gasteiger partial charge on any atom is -0.492 e. The number of rotatable bonds is 4. The summed E-state index contributed by atoms with van der Waals surface area (Å²) < 4.78 is 5.33. The normalized spacial score (nSPS) is 10.4. The van der Waals surface area contributed by atoms with E-state index in [1.165, 1.54) is 12.1 Å². The quantitative estimate of drug-likeness (QED) is 0.714. The lowest BCUT2D eigenvalue weighted by Gasteiger charge is -2.10. The zero-order valence-corrected chi connectivity index (χ0v) is 12.9. The molecule has 2 rings (SSSR count). The summed E-state index contributed by atoms with van der Waals surface area (Å²) in [5.74, 6) is 0.181. The predicted octanol–water partition coefficient (Wildman–Crippen LogP) is 5.28. The van der Waals surface area contributed by atoms with Crippen LogP contribution in [0.15, 0.2) is 36.4 Å². The molecule has 0 amide bonds. The fourth-order valence-corrected chi connectivity index (χ4v) is 2.44. The Morgan fingerprint density at radius 1 is 1.00 bits per heavy atom. The van der Waals surface area contributed by atoms with E-state index < -0.39 is 0 Å². The van der Waals surface area contributed by atoms with Gasteiger partial charge in [0.05, 0.1) is 21.7 Å². The highest BCUT2D eigenvalue weighted by molar-refractivity contribution is 6.39. The minimum atomic E-state index is -0.273. The van der Waals surface area contributed by atoms with Crippen LogP contribution in [-0.4, -0.2) is 12.4 Å². The third-order valence-electron chi connectivity index (χ3n) is 2.68. The summed E-state index contributed by atoms with van der Waals surface area (Å²) >= 11 is 18.2. The molecule has 0 aliphatic rings. The number of ketones is 1. The van der Waals surface area contributed by atoms with Gasteiger partial charge in [-0.1, -0.05) is 46.9 Å². The van der Waals surface area contributed by atoms with Crippen LogP contribution in [-0.2, 0) is 0 Å². The SMILES string of the molecule is CCOc1cc(Cl)c(C(=O)c2ccccc2Cl)cc1Cl. The van der Waals surface area contributed by atoms with Crippen molar-refractivity contribution in [2.24, 2.45) is 0 Å². The molecule has 0 radical (unpaired) electrons. The van der Waals surface area contributed by atoms with Gasteiger partial charge >= 0.3 is 0 Å². The second kappa shape index (κ2) is 6.49. The Bertz CT molecular complexity index is 654. The van der Waals surface area contributed by atoms with E-state index in [9.17, 15) is 4.79 Å². The lowest BCUT2D eigenvalue weighted by molar-refractivity contribution is 0.103. The fraction of sp³-hybridized carbons (Fsp3) is 0.133. The van der Waals surface area contributed by atoms with Crippen molar-refractivity contribution in [3.63, 3.8) is 0 Å². The Balaban J connectivity index is 2.46. The second-order valence-corrected chi connectivity index (χ2v) is 5.23. The summed E-state index contributed by atoms with van der Waals surface area (Å²) in [5, 5.41) is 0.994. The van der Waals surface area contributed by atoms with Crippen molar-refractivity contribution in [1.82, 2.24) is 0 Å². The number of carbonyl (C=O) groups excluding carboxylic acids is 1. The zero-order chi connectivity index (χ0) is 14.7. The summed E-state index contributed by atoms with van der Waals surface area (Å²) in [6, 6.07) is 9.83. The van der Waals surface area contributed by atoms with Crippen LogP contribution in [0.1, 0.15) is 22.8 Å². The van der Waals surface area contributed by atoms with Gasteiger partial charge in [0.25, 0.3) is 0 Å². The van der Waals surface area contributed by atoms with Crippen LogP contribution in [0.5, 0.6) is 5.75 Å². The number of hydrogen-bond acceptors (Lipinski definition) is 2. The molecule has 0 fully saturated rings. The van der Waals surface area contributed by atoms with Crippen molar-refractivity contribution in [3.8, 4) is 5.75 Å². The standard InChI is InChI=1S/C15H11Cl3O2/c1-2-20-14-8-12(17)10(7-13(14)18)15(19)9-5-3-4-6-11(9)16/h3-8H,2H2,1H3. The summed E-state index contributed by atoms with van der Waals surface area (Å²) in [6.07, 6.45) is 0. The molecule has 0 atom stereocenters. The Kier molecular flexibility index (Phi) is 4.92. The molecule has 2 aromatic carbocycles. The topological polar surface area (TPSA) is 26.3 Å². The molecule has 0 unspecified atom stereocenters. The molecule has 2 nitrogen and oxygen atoms in total. The van der Waals surface area contributed by atoms with E-state index >= 15 is 0 Å². The second-order valence-electron chi connectivity index (χ2n) is 4.00. The van der Waals surface area contributed by atoms with Gasteiger partial charge < -0.3 is 4.74 Å². The number of hydrogen-bond donors (Lipinski definition) is 0. The largest absolute Gasteiger partial charge is 0.492 e. The van der Waals surface area contributed by atoms with E-state index in [-0.39, 0.29) is 10.8 Å². The van der Waals surface area contributed by atoms with E-state index in [1.54, 1.807) is 24.3 Å². The molecule has 0 spiro atoms. The van der Waals surface area contributed by atoms with E-state index in [2.05, 4.69) is 0 Å². The third kappa shape index (κ3) is 3.09. The first kappa shape index (κ1) is 15.2.